The lowest BCUT2D eigenvalue weighted by Crippen LogP contribution is -1.89. The number of rotatable bonds is 4. The third-order valence-electron chi connectivity index (χ3n) is 2.64. The van der Waals surface area contributed by atoms with E-state index in [9.17, 15) is 4.21 Å². The van der Waals surface area contributed by atoms with Gasteiger partial charge >= 0.3 is 0 Å². The van der Waals surface area contributed by atoms with Crippen LogP contribution in [0, 0.1) is 6.92 Å². The van der Waals surface area contributed by atoms with Gasteiger partial charge in [0.1, 0.15) is 5.75 Å². The number of nitrogens with zero attached hydrogens (tertiary/aromatic N) is 1. The third-order valence-corrected chi connectivity index (χ3v) is 3.61. The fourth-order valence-corrected chi connectivity index (χ4v) is 2.22. The van der Waals surface area contributed by atoms with E-state index in [2.05, 4.69) is 4.40 Å². The van der Waals surface area contributed by atoms with Gasteiger partial charge in [0.25, 0.3) is 0 Å². The molecule has 3 nitrogen and oxygen atoms in total. The van der Waals surface area contributed by atoms with Gasteiger partial charge in [-0.05, 0) is 48.9 Å². The second-order valence-electron chi connectivity index (χ2n) is 4.07. The summed E-state index contributed by atoms with van der Waals surface area (Å²) in [5.74, 6) is 0.789. The zero-order chi connectivity index (χ0) is 13.7. The van der Waals surface area contributed by atoms with Crippen molar-refractivity contribution in [2.45, 2.75) is 11.8 Å². The van der Waals surface area contributed by atoms with Crippen molar-refractivity contribution in [3.63, 3.8) is 0 Å². The van der Waals surface area contributed by atoms with Crippen molar-refractivity contribution in [3.8, 4) is 5.75 Å². The summed E-state index contributed by atoms with van der Waals surface area (Å²) in [5, 5.41) is 0. The largest absolute Gasteiger partial charge is 0.497 e. The number of ether oxygens (including phenoxy) is 1. The predicted molar refractivity (Wildman–Crippen MR) is 78.2 cm³/mol. The third kappa shape index (κ3) is 3.76. The average molecular weight is 273 g/mol. The van der Waals surface area contributed by atoms with Gasteiger partial charge in [-0.15, -0.1) is 0 Å². The Hall–Kier alpha value is -1.94. The van der Waals surface area contributed by atoms with Gasteiger partial charge in [0.05, 0.1) is 12.0 Å². The van der Waals surface area contributed by atoms with Crippen molar-refractivity contribution >= 4 is 17.2 Å². The van der Waals surface area contributed by atoms with E-state index < -0.39 is 11.0 Å². The van der Waals surface area contributed by atoms with Crippen LogP contribution in [0.15, 0.2) is 57.8 Å². The van der Waals surface area contributed by atoms with E-state index in [0.717, 1.165) is 16.9 Å². The molecule has 0 bridgehead atoms. The van der Waals surface area contributed by atoms with E-state index in [-0.39, 0.29) is 0 Å². The first-order chi connectivity index (χ1) is 9.19. The van der Waals surface area contributed by atoms with Gasteiger partial charge in [0, 0.05) is 6.21 Å². The van der Waals surface area contributed by atoms with Crippen LogP contribution in [0.25, 0.3) is 0 Å². The number of methoxy groups -OCH3 is 1. The molecule has 0 saturated heterocycles. The highest BCUT2D eigenvalue weighted by Crippen LogP contribution is 2.12. The second kappa shape index (κ2) is 6.29. The van der Waals surface area contributed by atoms with Crippen LogP contribution < -0.4 is 4.74 Å². The predicted octanol–water partition coefficient (Wildman–Crippen LogP) is 3.15. The molecule has 0 aliphatic carbocycles. The highest BCUT2D eigenvalue weighted by atomic mass is 32.2. The van der Waals surface area contributed by atoms with Crippen molar-refractivity contribution in [2.24, 2.45) is 4.40 Å². The normalized spacial score (nSPS) is 12.5. The van der Waals surface area contributed by atoms with Gasteiger partial charge in [-0.25, -0.2) is 4.21 Å². The average Bonchev–Trinajstić information content (AvgIpc) is 2.46. The van der Waals surface area contributed by atoms with Crippen LogP contribution in [-0.2, 0) is 11.0 Å². The Morgan fingerprint density at radius 1 is 1.05 bits per heavy atom. The molecule has 1 unspecified atom stereocenters. The summed E-state index contributed by atoms with van der Waals surface area (Å²) in [7, 11) is 0.259. The highest BCUT2D eigenvalue weighted by Gasteiger charge is 2.00. The fourth-order valence-electron chi connectivity index (χ4n) is 1.51. The molecular weight excluding hydrogens is 258 g/mol. The smallest absolute Gasteiger partial charge is 0.172 e. The van der Waals surface area contributed by atoms with Gasteiger partial charge in [-0.1, -0.05) is 17.7 Å². The number of hydrogen-bond donors (Lipinski definition) is 0. The summed E-state index contributed by atoms with van der Waals surface area (Å²) in [6.45, 7) is 1.99. The van der Waals surface area contributed by atoms with E-state index >= 15 is 0 Å². The summed E-state index contributed by atoms with van der Waals surface area (Å²) in [4.78, 5) is 0.704. The lowest BCUT2D eigenvalue weighted by molar-refractivity contribution is 0.415. The quantitative estimate of drug-likeness (QED) is 0.803. The molecule has 0 aliphatic rings. The van der Waals surface area contributed by atoms with Crippen molar-refractivity contribution in [3.05, 3.63) is 59.7 Å². The van der Waals surface area contributed by atoms with Gasteiger partial charge in [0.2, 0.25) is 0 Å². The fraction of sp³-hybridized carbons (Fsp3) is 0.133. The summed E-state index contributed by atoms with van der Waals surface area (Å²) >= 11 is 0. The Morgan fingerprint density at radius 2 is 1.68 bits per heavy atom. The maximum absolute atomic E-state index is 11.9. The molecule has 98 valence electrons. The van der Waals surface area contributed by atoms with E-state index in [0.29, 0.717) is 4.90 Å². The highest BCUT2D eigenvalue weighted by molar-refractivity contribution is 7.83. The van der Waals surface area contributed by atoms with Crippen LogP contribution in [0.3, 0.4) is 0 Å². The van der Waals surface area contributed by atoms with Crippen LogP contribution in [-0.4, -0.2) is 17.5 Å². The molecule has 0 spiro atoms. The number of benzene rings is 2. The molecule has 19 heavy (non-hydrogen) atoms. The minimum Gasteiger partial charge on any atom is -0.497 e. The monoisotopic (exact) mass is 273 g/mol. The Labute approximate surface area is 115 Å². The molecule has 1 atom stereocenters. The molecule has 2 aromatic carbocycles. The SMILES string of the molecule is COc1ccc(C=NS(=O)c2ccc(C)cc2)cc1. The van der Waals surface area contributed by atoms with Crippen LogP contribution in [0.1, 0.15) is 11.1 Å². The number of aryl methyl sites for hydroxylation is 1. The first kappa shape index (κ1) is 13.5. The van der Waals surface area contributed by atoms with Crippen molar-refractivity contribution < 1.29 is 8.95 Å². The Morgan fingerprint density at radius 3 is 2.26 bits per heavy atom. The van der Waals surface area contributed by atoms with E-state index in [1.54, 1.807) is 13.3 Å². The van der Waals surface area contributed by atoms with Crippen molar-refractivity contribution in [2.75, 3.05) is 7.11 Å². The number of hydrogen-bond acceptors (Lipinski definition) is 2. The van der Waals surface area contributed by atoms with E-state index in [1.165, 1.54) is 0 Å². The molecule has 4 heteroatoms. The zero-order valence-electron chi connectivity index (χ0n) is 10.9. The van der Waals surface area contributed by atoms with Crippen LogP contribution in [0.2, 0.25) is 0 Å². The Kier molecular flexibility index (Phi) is 4.47. The molecule has 0 aromatic heterocycles. The minimum atomic E-state index is -1.36. The standard InChI is InChI=1S/C15H15NO2S/c1-12-3-9-15(10-4-12)19(17)16-11-13-5-7-14(18-2)8-6-13/h3-11H,1-2H3. The molecule has 0 radical (unpaired) electrons. The lowest BCUT2D eigenvalue weighted by atomic mass is 10.2. The molecule has 0 heterocycles. The van der Waals surface area contributed by atoms with Crippen molar-refractivity contribution in [1.29, 1.82) is 0 Å². The molecule has 0 N–H and O–H groups in total. The van der Waals surface area contributed by atoms with E-state index in [4.69, 9.17) is 4.74 Å². The molecule has 0 aliphatic heterocycles. The van der Waals surface area contributed by atoms with Crippen LogP contribution >= 0.6 is 0 Å². The maximum Gasteiger partial charge on any atom is 0.172 e. The molecule has 0 amide bonds. The summed E-state index contributed by atoms with van der Waals surface area (Å²) in [5.41, 5.74) is 2.03. The second-order valence-corrected chi connectivity index (χ2v) is 5.25. The van der Waals surface area contributed by atoms with E-state index in [1.807, 2.05) is 55.5 Å². The molecular formula is C15H15NO2S. The van der Waals surface area contributed by atoms with Crippen LogP contribution in [0.5, 0.6) is 5.75 Å². The Bertz CT molecular complexity index is 589. The molecule has 2 aromatic rings. The summed E-state index contributed by atoms with van der Waals surface area (Å²) in [6, 6.07) is 14.9. The first-order valence-corrected chi connectivity index (χ1v) is 6.96. The van der Waals surface area contributed by atoms with Gasteiger partial charge in [-0.2, -0.15) is 4.40 Å². The minimum absolute atomic E-state index is 0.704. The summed E-state index contributed by atoms with van der Waals surface area (Å²) < 4.78 is 21.1. The zero-order valence-corrected chi connectivity index (χ0v) is 11.7. The summed E-state index contributed by atoms with van der Waals surface area (Å²) in [6.07, 6.45) is 1.61. The first-order valence-electron chi connectivity index (χ1n) is 5.86. The Balaban J connectivity index is 2.08. The molecule has 2 rings (SSSR count). The van der Waals surface area contributed by atoms with Crippen molar-refractivity contribution in [1.82, 2.24) is 0 Å². The topological polar surface area (TPSA) is 38.7 Å². The van der Waals surface area contributed by atoms with Crippen LogP contribution in [0.4, 0.5) is 0 Å². The molecule has 0 fully saturated rings. The van der Waals surface area contributed by atoms with Gasteiger partial charge < -0.3 is 4.74 Å². The lowest BCUT2D eigenvalue weighted by Gasteiger charge is -1.99. The maximum atomic E-state index is 11.9. The van der Waals surface area contributed by atoms with Gasteiger partial charge in [-0.3, -0.25) is 0 Å². The molecule has 0 saturated carbocycles. The van der Waals surface area contributed by atoms with Gasteiger partial charge in [0.15, 0.2) is 11.0 Å².